The first-order valence-electron chi connectivity index (χ1n) is 10.9. The van der Waals surface area contributed by atoms with Gasteiger partial charge in [0.25, 0.3) is 0 Å². The molecule has 4 rings (SSSR count). The van der Waals surface area contributed by atoms with Gasteiger partial charge in [0.1, 0.15) is 24.8 Å². The van der Waals surface area contributed by atoms with Crippen molar-refractivity contribution in [1.82, 2.24) is 20.6 Å². The quantitative estimate of drug-likeness (QED) is 0.512. The Morgan fingerprint density at radius 3 is 2.76 bits per heavy atom. The lowest BCUT2D eigenvalue weighted by molar-refractivity contribution is -0.129. The lowest BCUT2D eigenvalue weighted by Gasteiger charge is -2.23. The summed E-state index contributed by atoms with van der Waals surface area (Å²) in [6.45, 7) is 4.23. The van der Waals surface area contributed by atoms with Crippen LogP contribution in [0.5, 0.6) is 11.5 Å². The molecule has 0 radical (unpaired) electrons. The van der Waals surface area contributed by atoms with Crippen LogP contribution in [-0.4, -0.2) is 48.1 Å². The Morgan fingerprint density at radius 1 is 1.18 bits per heavy atom. The molecule has 178 valence electrons. The topological polar surface area (TPSA) is 114 Å². The second-order valence-electron chi connectivity index (χ2n) is 8.27. The first kappa shape index (κ1) is 23.6. The fourth-order valence-corrected chi connectivity index (χ4v) is 3.93. The van der Waals surface area contributed by atoms with E-state index in [9.17, 15) is 9.59 Å². The molecule has 1 atom stereocenters. The van der Waals surface area contributed by atoms with E-state index in [1.807, 2.05) is 13.8 Å². The molecule has 34 heavy (non-hydrogen) atoms. The summed E-state index contributed by atoms with van der Waals surface area (Å²) in [6.07, 6.45) is 1.50. The highest BCUT2D eigenvalue weighted by Gasteiger charge is 2.25. The summed E-state index contributed by atoms with van der Waals surface area (Å²) in [7, 11) is 1.55. The second-order valence-corrected chi connectivity index (χ2v) is 8.71. The van der Waals surface area contributed by atoms with E-state index in [2.05, 4.69) is 25.9 Å². The van der Waals surface area contributed by atoms with Crippen molar-refractivity contribution in [2.45, 2.75) is 26.3 Å². The zero-order valence-electron chi connectivity index (χ0n) is 19.1. The molecule has 2 amide bonds. The van der Waals surface area contributed by atoms with Crippen molar-refractivity contribution >= 4 is 45.8 Å². The Morgan fingerprint density at radius 2 is 2.00 bits per heavy atom. The summed E-state index contributed by atoms with van der Waals surface area (Å²) in [4.78, 5) is 34.4. The van der Waals surface area contributed by atoms with E-state index in [-0.39, 0.29) is 37.3 Å². The maximum Gasteiger partial charge on any atom is 0.242 e. The number of aromatic nitrogens is 2. The predicted octanol–water partition coefficient (Wildman–Crippen LogP) is 3.23. The molecule has 2 aromatic carbocycles. The SMILES string of the molecule is COc1cc2ncnc3c2cc1OCCNC(=O)C(C(C)C)NC(=O)Cc1ccc(Cl)cc1N3. The molecule has 0 spiro atoms. The number of hydrogen-bond donors (Lipinski definition) is 3. The minimum absolute atomic E-state index is 0.0567. The fourth-order valence-electron chi connectivity index (χ4n) is 3.76. The van der Waals surface area contributed by atoms with E-state index in [4.69, 9.17) is 21.1 Å². The van der Waals surface area contributed by atoms with Gasteiger partial charge in [-0.3, -0.25) is 9.59 Å². The summed E-state index contributed by atoms with van der Waals surface area (Å²) in [6, 6.07) is 8.10. The summed E-state index contributed by atoms with van der Waals surface area (Å²) in [5, 5.41) is 10.2. The molecule has 1 unspecified atom stereocenters. The number of ether oxygens (including phenoxy) is 2. The first-order valence-corrected chi connectivity index (χ1v) is 11.3. The van der Waals surface area contributed by atoms with Crippen molar-refractivity contribution in [2.75, 3.05) is 25.6 Å². The van der Waals surface area contributed by atoms with Crippen LogP contribution < -0.4 is 25.4 Å². The van der Waals surface area contributed by atoms with Gasteiger partial charge in [0.15, 0.2) is 11.5 Å². The highest BCUT2D eigenvalue weighted by Crippen LogP contribution is 2.35. The summed E-state index contributed by atoms with van der Waals surface area (Å²) in [5.41, 5.74) is 1.98. The molecule has 3 aromatic rings. The molecular formula is C24H26ClN5O4. The van der Waals surface area contributed by atoms with Crippen molar-refractivity contribution in [3.8, 4) is 11.5 Å². The number of nitrogens with zero attached hydrogens (tertiary/aromatic N) is 2. The molecule has 1 aromatic heterocycles. The number of benzene rings is 2. The maximum absolute atomic E-state index is 12.9. The van der Waals surface area contributed by atoms with Gasteiger partial charge in [-0.25, -0.2) is 9.97 Å². The number of carbonyl (C=O) groups is 2. The molecule has 10 heteroatoms. The Bertz CT molecular complexity index is 1230. The molecule has 2 heterocycles. The summed E-state index contributed by atoms with van der Waals surface area (Å²) in [5.74, 6) is 0.894. The lowest BCUT2D eigenvalue weighted by Crippen LogP contribution is -2.50. The van der Waals surface area contributed by atoms with Crippen LogP contribution in [0.4, 0.5) is 11.5 Å². The Kier molecular flexibility index (Phi) is 7.02. The lowest BCUT2D eigenvalue weighted by atomic mass is 10.0. The zero-order chi connectivity index (χ0) is 24.2. The highest BCUT2D eigenvalue weighted by molar-refractivity contribution is 6.31. The number of halogens is 1. The van der Waals surface area contributed by atoms with Crippen LogP contribution in [0.2, 0.25) is 5.02 Å². The number of amides is 2. The first-order chi connectivity index (χ1) is 16.4. The van der Waals surface area contributed by atoms with Gasteiger partial charge in [-0.05, 0) is 29.7 Å². The molecule has 0 saturated carbocycles. The van der Waals surface area contributed by atoms with Crippen LogP contribution in [-0.2, 0) is 16.0 Å². The highest BCUT2D eigenvalue weighted by atomic mass is 35.5. The number of rotatable bonds is 2. The van der Waals surface area contributed by atoms with Gasteiger partial charge < -0.3 is 25.4 Å². The van der Waals surface area contributed by atoms with Gasteiger partial charge in [-0.15, -0.1) is 0 Å². The van der Waals surface area contributed by atoms with E-state index < -0.39 is 6.04 Å². The average Bonchev–Trinajstić information content (AvgIpc) is 2.81. The molecule has 3 N–H and O–H groups in total. The molecule has 0 aliphatic carbocycles. The fraction of sp³-hybridized carbons (Fsp3) is 0.333. The van der Waals surface area contributed by atoms with Crippen LogP contribution in [0.15, 0.2) is 36.7 Å². The second kappa shape index (κ2) is 10.1. The van der Waals surface area contributed by atoms with Crippen LogP contribution >= 0.6 is 11.6 Å². The van der Waals surface area contributed by atoms with Crippen LogP contribution in [0.25, 0.3) is 10.9 Å². The standard InChI is InChI=1S/C24H26ClN5O4/c1-13(2)22-24(32)26-6-7-34-20-10-16-18(11-19(20)33-3)27-12-28-23(16)29-17-9-15(25)5-4-14(17)8-21(31)30-22/h4-5,9-13,22H,6-8H2,1-3H3,(H,26,32)(H,30,31)(H,27,28,29). The van der Waals surface area contributed by atoms with Gasteiger partial charge in [-0.1, -0.05) is 31.5 Å². The van der Waals surface area contributed by atoms with Gasteiger partial charge in [-0.2, -0.15) is 0 Å². The predicted molar refractivity (Wildman–Crippen MR) is 130 cm³/mol. The van der Waals surface area contributed by atoms with Gasteiger partial charge in [0.05, 0.1) is 25.6 Å². The molecule has 0 saturated heterocycles. The Labute approximate surface area is 202 Å². The molecule has 0 fully saturated rings. The minimum atomic E-state index is -0.677. The largest absolute Gasteiger partial charge is 0.493 e. The van der Waals surface area contributed by atoms with E-state index >= 15 is 0 Å². The number of methoxy groups -OCH3 is 1. The normalized spacial score (nSPS) is 16.9. The van der Waals surface area contributed by atoms with Gasteiger partial charge in [0, 0.05) is 22.2 Å². The monoisotopic (exact) mass is 483 g/mol. The van der Waals surface area contributed by atoms with Crippen molar-refractivity contribution < 1.29 is 19.1 Å². The molecule has 1 aliphatic heterocycles. The van der Waals surface area contributed by atoms with Crippen molar-refractivity contribution in [3.05, 3.63) is 47.2 Å². The van der Waals surface area contributed by atoms with E-state index in [0.717, 1.165) is 0 Å². The van der Waals surface area contributed by atoms with E-state index in [1.165, 1.54) is 6.33 Å². The number of anilines is 2. The molecule has 9 nitrogen and oxygen atoms in total. The number of nitrogens with one attached hydrogen (secondary N) is 3. The van der Waals surface area contributed by atoms with Crippen LogP contribution in [0.1, 0.15) is 19.4 Å². The Balaban J connectivity index is 1.80. The van der Waals surface area contributed by atoms with Crippen molar-refractivity contribution in [1.29, 1.82) is 0 Å². The third kappa shape index (κ3) is 5.14. The van der Waals surface area contributed by atoms with Gasteiger partial charge >= 0.3 is 0 Å². The van der Waals surface area contributed by atoms with E-state index in [0.29, 0.717) is 44.5 Å². The van der Waals surface area contributed by atoms with Crippen molar-refractivity contribution in [2.24, 2.45) is 5.92 Å². The molecule has 1 aliphatic rings. The Hall–Kier alpha value is -3.59. The maximum atomic E-state index is 12.9. The van der Waals surface area contributed by atoms with Gasteiger partial charge in [0.2, 0.25) is 11.8 Å². The molecule has 2 bridgehead atoms. The number of carbonyl (C=O) groups excluding carboxylic acids is 2. The summed E-state index contributed by atoms with van der Waals surface area (Å²) < 4.78 is 11.4. The number of fused-ring (bicyclic) bond motifs is 2. The van der Waals surface area contributed by atoms with Crippen molar-refractivity contribution in [3.63, 3.8) is 0 Å². The number of hydrogen-bond acceptors (Lipinski definition) is 7. The van der Waals surface area contributed by atoms with Crippen LogP contribution in [0, 0.1) is 5.92 Å². The average molecular weight is 484 g/mol. The third-order valence-electron chi connectivity index (χ3n) is 5.52. The smallest absolute Gasteiger partial charge is 0.242 e. The summed E-state index contributed by atoms with van der Waals surface area (Å²) >= 11 is 6.26. The van der Waals surface area contributed by atoms with Crippen LogP contribution in [0.3, 0.4) is 0 Å². The zero-order valence-corrected chi connectivity index (χ0v) is 19.9. The third-order valence-corrected chi connectivity index (χ3v) is 5.76. The molecular weight excluding hydrogens is 458 g/mol. The minimum Gasteiger partial charge on any atom is -0.493 e. The van der Waals surface area contributed by atoms with E-state index in [1.54, 1.807) is 37.4 Å².